The summed E-state index contributed by atoms with van der Waals surface area (Å²) >= 11 is 0. The van der Waals surface area contributed by atoms with Gasteiger partial charge in [0, 0.05) is 31.0 Å². The number of nitrogens with one attached hydrogen (secondary N) is 3. The molecule has 0 aliphatic rings. The van der Waals surface area contributed by atoms with Crippen molar-refractivity contribution >= 4 is 29.0 Å². The van der Waals surface area contributed by atoms with Crippen molar-refractivity contribution < 1.29 is 4.79 Å². The number of hydrogen-bond acceptors (Lipinski definition) is 5. The molecule has 0 aliphatic carbocycles. The summed E-state index contributed by atoms with van der Waals surface area (Å²) in [4.78, 5) is 19.7. The Bertz CT molecular complexity index is 834. The van der Waals surface area contributed by atoms with Gasteiger partial charge in [-0.25, -0.2) is 4.98 Å². The molecule has 6 nitrogen and oxygen atoms in total. The fourth-order valence-electron chi connectivity index (χ4n) is 2.28. The van der Waals surface area contributed by atoms with Crippen molar-refractivity contribution in [3.05, 3.63) is 72.4 Å². The van der Waals surface area contributed by atoms with Gasteiger partial charge in [0.1, 0.15) is 5.82 Å². The maximum absolute atomic E-state index is 11.0. The topological polar surface area (TPSA) is 78.9 Å². The zero-order valence-electron chi connectivity index (χ0n) is 13.9. The van der Waals surface area contributed by atoms with Crippen LogP contribution in [0, 0.1) is 0 Å². The Labute approximate surface area is 146 Å². The van der Waals surface area contributed by atoms with Crippen LogP contribution in [0.1, 0.15) is 12.5 Å². The average Bonchev–Trinajstić information content (AvgIpc) is 2.62. The molecule has 0 fully saturated rings. The molecule has 0 atom stereocenters. The van der Waals surface area contributed by atoms with Gasteiger partial charge in [-0.2, -0.15) is 4.98 Å². The lowest BCUT2D eigenvalue weighted by Gasteiger charge is -2.09. The molecule has 0 aliphatic heterocycles. The van der Waals surface area contributed by atoms with Crippen molar-refractivity contribution in [3.63, 3.8) is 0 Å². The van der Waals surface area contributed by atoms with E-state index in [-0.39, 0.29) is 5.91 Å². The molecule has 126 valence electrons. The molecule has 25 heavy (non-hydrogen) atoms. The van der Waals surface area contributed by atoms with Crippen LogP contribution in [0.4, 0.5) is 23.1 Å². The molecule has 2 aromatic carbocycles. The zero-order valence-corrected chi connectivity index (χ0v) is 13.9. The number of hydrogen-bond donors (Lipinski definition) is 3. The SMILES string of the molecule is CC(=O)Nc1ccc(Nc2nccc(NCc3ccccc3)n2)cc1. The number of carbonyl (C=O) groups is 1. The van der Waals surface area contributed by atoms with E-state index in [1.165, 1.54) is 12.5 Å². The lowest BCUT2D eigenvalue weighted by atomic mass is 10.2. The smallest absolute Gasteiger partial charge is 0.229 e. The van der Waals surface area contributed by atoms with Gasteiger partial charge in [0.15, 0.2) is 0 Å². The number of carbonyl (C=O) groups excluding carboxylic acids is 1. The highest BCUT2D eigenvalue weighted by Gasteiger charge is 2.01. The maximum Gasteiger partial charge on any atom is 0.229 e. The minimum Gasteiger partial charge on any atom is -0.366 e. The van der Waals surface area contributed by atoms with Crippen molar-refractivity contribution in [2.24, 2.45) is 0 Å². The quantitative estimate of drug-likeness (QED) is 0.639. The largest absolute Gasteiger partial charge is 0.366 e. The Balaban J connectivity index is 1.62. The minimum absolute atomic E-state index is 0.0961. The van der Waals surface area contributed by atoms with Gasteiger partial charge in [-0.15, -0.1) is 0 Å². The molecule has 3 N–H and O–H groups in total. The lowest BCUT2D eigenvalue weighted by molar-refractivity contribution is -0.114. The van der Waals surface area contributed by atoms with Crippen LogP contribution in [0.15, 0.2) is 66.9 Å². The minimum atomic E-state index is -0.0961. The summed E-state index contributed by atoms with van der Waals surface area (Å²) < 4.78 is 0. The van der Waals surface area contributed by atoms with Gasteiger partial charge in [-0.3, -0.25) is 4.79 Å². The van der Waals surface area contributed by atoms with E-state index in [1.807, 2.05) is 48.5 Å². The number of aromatic nitrogens is 2. The molecule has 3 rings (SSSR count). The third kappa shape index (κ3) is 5.04. The Morgan fingerprint density at radius 3 is 2.40 bits per heavy atom. The van der Waals surface area contributed by atoms with Crippen molar-refractivity contribution in [1.82, 2.24) is 9.97 Å². The van der Waals surface area contributed by atoms with Crippen LogP contribution < -0.4 is 16.0 Å². The molecule has 0 radical (unpaired) electrons. The van der Waals surface area contributed by atoms with Gasteiger partial charge in [0.05, 0.1) is 0 Å². The summed E-state index contributed by atoms with van der Waals surface area (Å²) in [5.74, 6) is 1.16. The number of amides is 1. The first kappa shape index (κ1) is 16.4. The van der Waals surface area contributed by atoms with Crippen LogP contribution in [0.5, 0.6) is 0 Å². The Kier molecular flexibility index (Phi) is 5.21. The molecule has 6 heteroatoms. The van der Waals surface area contributed by atoms with Gasteiger partial charge < -0.3 is 16.0 Å². The summed E-state index contributed by atoms with van der Waals surface area (Å²) in [5.41, 5.74) is 2.77. The first-order chi connectivity index (χ1) is 12.2. The average molecular weight is 333 g/mol. The third-order valence-electron chi connectivity index (χ3n) is 3.43. The van der Waals surface area contributed by atoms with E-state index < -0.39 is 0 Å². The Morgan fingerprint density at radius 1 is 0.960 bits per heavy atom. The number of rotatable bonds is 6. The Hall–Kier alpha value is -3.41. The molecule has 0 saturated carbocycles. The second kappa shape index (κ2) is 7.92. The standard InChI is InChI=1S/C19H19N5O/c1-14(25)22-16-7-9-17(10-8-16)23-19-20-12-11-18(24-19)21-13-15-5-3-2-4-6-15/h2-12H,13H2,1H3,(H,22,25)(H2,20,21,23,24). The third-order valence-corrected chi connectivity index (χ3v) is 3.43. The molecule has 0 saturated heterocycles. The van der Waals surface area contributed by atoms with Crippen LogP contribution in [-0.2, 0) is 11.3 Å². The summed E-state index contributed by atoms with van der Waals surface area (Å²) in [6, 6.07) is 19.3. The molecular weight excluding hydrogens is 314 g/mol. The Morgan fingerprint density at radius 2 is 1.68 bits per heavy atom. The number of benzene rings is 2. The van der Waals surface area contributed by atoms with Crippen molar-refractivity contribution in [1.29, 1.82) is 0 Å². The molecule has 1 aromatic heterocycles. The maximum atomic E-state index is 11.0. The van der Waals surface area contributed by atoms with Gasteiger partial charge in [0.25, 0.3) is 0 Å². The van der Waals surface area contributed by atoms with Crippen LogP contribution >= 0.6 is 0 Å². The predicted molar refractivity (Wildman–Crippen MR) is 99.8 cm³/mol. The summed E-state index contributed by atoms with van der Waals surface area (Å²) in [7, 11) is 0. The van der Waals surface area contributed by atoms with E-state index in [0.29, 0.717) is 12.5 Å². The second-order valence-corrected chi connectivity index (χ2v) is 5.49. The summed E-state index contributed by atoms with van der Waals surface area (Å²) in [6.45, 7) is 2.18. The van der Waals surface area contributed by atoms with E-state index in [4.69, 9.17) is 0 Å². The lowest BCUT2D eigenvalue weighted by Crippen LogP contribution is -2.06. The first-order valence-electron chi connectivity index (χ1n) is 7.94. The van der Waals surface area contributed by atoms with Crippen LogP contribution in [0.3, 0.4) is 0 Å². The van der Waals surface area contributed by atoms with E-state index in [1.54, 1.807) is 6.20 Å². The molecular formula is C19H19N5O. The number of nitrogens with zero attached hydrogens (tertiary/aromatic N) is 2. The highest BCUT2D eigenvalue weighted by Crippen LogP contribution is 2.17. The second-order valence-electron chi connectivity index (χ2n) is 5.49. The van der Waals surface area contributed by atoms with Gasteiger partial charge in [-0.1, -0.05) is 30.3 Å². The van der Waals surface area contributed by atoms with Gasteiger partial charge in [0.2, 0.25) is 11.9 Å². The monoisotopic (exact) mass is 333 g/mol. The van der Waals surface area contributed by atoms with Crippen molar-refractivity contribution in [2.45, 2.75) is 13.5 Å². The van der Waals surface area contributed by atoms with Crippen molar-refractivity contribution in [3.8, 4) is 0 Å². The zero-order chi connectivity index (χ0) is 17.5. The van der Waals surface area contributed by atoms with E-state index >= 15 is 0 Å². The highest BCUT2D eigenvalue weighted by atomic mass is 16.1. The molecule has 1 heterocycles. The van der Waals surface area contributed by atoms with E-state index in [2.05, 4.69) is 38.1 Å². The van der Waals surface area contributed by atoms with Gasteiger partial charge in [-0.05, 0) is 35.9 Å². The molecule has 0 spiro atoms. The normalized spacial score (nSPS) is 10.1. The fourth-order valence-corrected chi connectivity index (χ4v) is 2.28. The predicted octanol–water partition coefficient (Wildman–Crippen LogP) is 3.79. The molecule has 0 bridgehead atoms. The van der Waals surface area contributed by atoms with Gasteiger partial charge >= 0.3 is 0 Å². The molecule has 0 unspecified atom stereocenters. The molecule has 1 amide bonds. The van der Waals surface area contributed by atoms with Crippen LogP contribution in [-0.4, -0.2) is 15.9 Å². The van der Waals surface area contributed by atoms with E-state index in [9.17, 15) is 4.79 Å². The summed E-state index contributed by atoms with van der Waals surface area (Å²) in [6.07, 6.45) is 1.70. The summed E-state index contributed by atoms with van der Waals surface area (Å²) in [5, 5.41) is 9.16. The van der Waals surface area contributed by atoms with E-state index in [0.717, 1.165) is 17.2 Å². The highest BCUT2D eigenvalue weighted by molar-refractivity contribution is 5.88. The van der Waals surface area contributed by atoms with Crippen LogP contribution in [0.25, 0.3) is 0 Å². The number of anilines is 4. The fraction of sp³-hybridized carbons (Fsp3) is 0.105. The van der Waals surface area contributed by atoms with Crippen molar-refractivity contribution in [2.75, 3.05) is 16.0 Å². The van der Waals surface area contributed by atoms with Crippen LogP contribution in [0.2, 0.25) is 0 Å². The molecule has 3 aromatic rings. The first-order valence-corrected chi connectivity index (χ1v) is 7.94.